The van der Waals surface area contributed by atoms with E-state index in [1.807, 2.05) is 0 Å². The molecule has 1 heterocycles. The molecule has 0 amide bonds. The number of likely N-dealkylation sites (tertiary alicyclic amines) is 1. The van der Waals surface area contributed by atoms with Crippen molar-refractivity contribution in [1.29, 1.82) is 0 Å². The van der Waals surface area contributed by atoms with Crippen LogP contribution in [0.15, 0.2) is 0 Å². The quantitative estimate of drug-likeness (QED) is 0.772. The normalized spacial score (nSPS) is 28.3. The van der Waals surface area contributed by atoms with E-state index in [4.69, 9.17) is 0 Å². The first-order chi connectivity index (χ1) is 7.75. The van der Waals surface area contributed by atoms with Crippen molar-refractivity contribution in [3.05, 3.63) is 0 Å². The number of nitrogens with one attached hydrogen (secondary N) is 1. The van der Waals surface area contributed by atoms with Crippen LogP contribution in [0.25, 0.3) is 0 Å². The van der Waals surface area contributed by atoms with Crippen molar-refractivity contribution >= 4 is 0 Å². The van der Waals surface area contributed by atoms with E-state index in [0.29, 0.717) is 0 Å². The Morgan fingerprint density at radius 2 is 1.88 bits per heavy atom. The second-order valence-corrected chi connectivity index (χ2v) is 6.07. The molecule has 0 bridgehead atoms. The fourth-order valence-corrected chi connectivity index (χ4v) is 3.27. The molecule has 0 unspecified atom stereocenters. The van der Waals surface area contributed by atoms with Gasteiger partial charge in [0, 0.05) is 25.2 Å². The molecule has 1 saturated heterocycles. The lowest BCUT2D eigenvalue weighted by molar-refractivity contribution is 0.217. The van der Waals surface area contributed by atoms with Crippen molar-refractivity contribution in [1.82, 2.24) is 10.2 Å². The third kappa shape index (κ3) is 3.46. The Labute approximate surface area is 101 Å². The van der Waals surface area contributed by atoms with Crippen LogP contribution in [-0.2, 0) is 0 Å². The van der Waals surface area contributed by atoms with Gasteiger partial charge in [0.15, 0.2) is 0 Å². The largest absolute Gasteiger partial charge is 0.312 e. The summed E-state index contributed by atoms with van der Waals surface area (Å²) in [5, 5.41) is 3.79. The maximum absolute atomic E-state index is 3.79. The fourth-order valence-electron chi connectivity index (χ4n) is 3.27. The summed E-state index contributed by atoms with van der Waals surface area (Å²) < 4.78 is 0. The molecule has 2 aliphatic rings. The van der Waals surface area contributed by atoms with Crippen molar-refractivity contribution in [3.8, 4) is 0 Å². The summed E-state index contributed by atoms with van der Waals surface area (Å²) in [5.74, 6) is 0.812. The van der Waals surface area contributed by atoms with E-state index in [2.05, 4.69) is 24.1 Å². The van der Waals surface area contributed by atoms with Gasteiger partial charge in [-0.25, -0.2) is 0 Å². The zero-order valence-electron chi connectivity index (χ0n) is 11.0. The second-order valence-electron chi connectivity index (χ2n) is 6.07. The summed E-state index contributed by atoms with van der Waals surface area (Å²) in [7, 11) is 0. The lowest BCUT2D eigenvalue weighted by atomic mass is 10.1. The Morgan fingerprint density at radius 3 is 2.56 bits per heavy atom. The molecule has 16 heavy (non-hydrogen) atoms. The van der Waals surface area contributed by atoms with Crippen LogP contribution < -0.4 is 5.32 Å². The second kappa shape index (κ2) is 6.02. The Balaban J connectivity index is 1.70. The molecule has 2 nitrogen and oxygen atoms in total. The van der Waals surface area contributed by atoms with Gasteiger partial charge in [-0.05, 0) is 38.1 Å². The maximum Gasteiger partial charge on any atom is 0.0221 e. The molecule has 1 aliphatic heterocycles. The van der Waals surface area contributed by atoms with Gasteiger partial charge in [0.1, 0.15) is 0 Å². The van der Waals surface area contributed by atoms with Crippen LogP contribution in [0.4, 0.5) is 0 Å². The first-order valence-electron chi connectivity index (χ1n) is 7.23. The predicted molar refractivity (Wildman–Crippen MR) is 69.7 cm³/mol. The van der Waals surface area contributed by atoms with Crippen LogP contribution in [0.2, 0.25) is 0 Å². The Kier molecular flexibility index (Phi) is 4.66. The lowest BCUT2D eigenvalue weighted by Gasteiger charge is -2.27. The topological polar surface area (TPSA) is 15.3 Å². The van der Waals surface area contributed by atoms with E-state index in [1.54, 1.807) is 0 Å². The van der Waals surface area contributed by atoms with E-state index in [9.17, 15) is 0 Å². The highest BCUT2D eigenvalue weighted by Gasteiger charge is 2.25. The van der Waals surface area contributed by atoms with Crippen LogP contribution in [0.3, 0.4) is 0 Å². The smallest absolute Gasteiger partial charge is 0.0221 e. The molecule has 0 aromatic carbocycles. The van der Waals surface area contributed by atoms with Gasteiger partial charge in [0.2, 0.25) is 0 Å². The van der Waals surface area contributed by atoms with Gasteiger partial charge in [-0.15, -0.1) is 0 Å². The highest BCUT2D eigenvalue weighted by molar-refractivity contribution is 4.84. The van der Waals surface area contributed by atoms with Gasteiger partial charge in [0.25, 0.3) is 0 Å². The molecule has 1 N–H and O–H groups in total. The molecule has 94 valence electrons. The monoisotopic (exact) mass is 224 g/mol. The highest BCUT2D eigenvalue weighted by atomic mass is 15.2. The molecule has 0 spiro atoms. The average Bonchev–Trinajstić information content (AvgIpc) is 2.84. The highest BCUT2D eigenvalue weighted by Crippen LogP contribution is 2.21. The molecule has 0 aromatic heterocycles. The van der Waals surface area contributed by atoms with Gasteiger partial charge in [-0.2, -0.15) is 0 Å². The van der Waals surface area contributed by atoms with Crippen LogP contribution in [-0.4, -0.2) is 36.6 Å². The van der Waals surface area contributed by atoms with Gasteiger partial charge in [-0.3, -0.25) is 4.90 Å². The Morgan fingerprint density at radius 1 is 1.12 bits per heavy atom. The van der Waals surface area contributed by atoms with Gasteiger partial charge in [-0.1, -0.05) is 26.7 Å². The minimum absolute atomic E-state index is 0.812. The number of hydrogen-bond donors (Lipinski definition) is 1. The fraction of sp³-hybridized carbons (Fsp3) is 1.00. The minimum Gasteiger partial charge on any atom is -0.312 e. The molecule has 0 aromatic rings. The first-order valence-corrected chi connectivity index (χ1v) is 7.23. The molecule has 0 radical (unpaired) electrons. The summed E-state index contributed by atoms with van der Waals surface area (Å²) in [6.45, 7) is 8.52. The van der Waals surface area contributed by atoms with Gasteiger partial charge < -0.3 is 5.32 Å². The number of hydrogen-bond acceptors (Lipinski definition) is 2. The van der Waals surface area contributed by atoms with E-state index in [0.717, 1.165) is 18.0 Å². The predicted octanol–water partition coefficient (Wildman–Crippen LogP) is 2.64. The van der Waals surface area contributed by atoms with Crippen LogP contribution in [0, 0.1) is 5.92 Å². The van der Waals surface area contributed by atoms with Crippen molar-refractivity contribution in [3.63, 3.8) is 0 Å². The molecular weight excluding hydrogens is 196 g/mol. The van der Waals surface area contributed by atoms with Crippen molar-refractivity contribution in [2.75, 3.05) is 19.6 Å². The molecule has 2 rings (SSSR count). The third-order valence-electron chi connectivity index (χ3n) is 4.10. The maximum atomic E-state index is 3.79. The number of rotatable bonds is 5. The standard InChI is InChI=1S/C14H28N2/c1-12(2)11-16-9-5-8-14(16)10-15-13-6-3-4-7-13/h12-15H,3-11H2,1-2H3/t14-/m0/s1. The number of nitrogens with zero attached hydrogens (tertiary/aromatic N) is 1. The molecule has 1 aliphatic carbocycles. The SMILES string of the molecule is CC(C)CN1CCC[C@H]1CNC1CCCC1. The first kappa shape index (κ1) is 12.4. The van der Waals surface area contributed by atoms with E-state index < -0.39 is 0 Å². The third-order valence-corrected chi connectivity index (χ3v) is 4.10. The summed E-state index contributed by atoms with van der Waals surface area (Å²) in [4.78, 5) is 2.70. The zero-order chi connectivity index (χ0) is 11.4. The van der Waals surface area contributed by atoms with Crippen molar-refractivity contribution in [2.24, 2.45) is 5.92 Å². The van der Waals surface area contributed by atoms with Crippen LogP contribution in [0.1, 0.15) is 52.4 Å². The molecular formula is C14H28N2. The molecule has 1 atom stereocenters. The van der Waals surface area contributed by atoms with Gasteiger partial charge in [0.05, 0.1) is 0 Å². The Hall–Kier alpha value is -0.0800. The van der Waals surface area contributed by atoms with E-state index in [-0.39, 0.29) is 0 Å². The molecule has 2 heteroatoms. The van der Waals surface area contributed by atoms with Crippen LogP contribution >= 0.6 is 0 Å². The summed E-state index contributed by atoms with van der Waals surface area (Å²) in [5.41, 5.74) is 0. The Bertz CT molecular complexity index is 197. The summed E-state index contributed by atoms with van der Waals surface area (Å²) in [6, 6.07) is 1.66. The minimum atomic E-state index is 0.812. The van der Waals surface area contributed by atoms with E-state index in [1.165, 1.54) is 58.2 Å². The van der Waals surface area contributed by atoms with Crippen LogP contribution in [0.5, 0.6) is 0 Å². The molecule has 1 saturated carbocycles. The van der Waals surface area contributed by atoms with E-state index >= 15 is 0 Å². The summed E-state index contributed by atoms with van der Waals surface area (Å²) >= 11 is 0. The molecule has 2 fully saturated rings. The lowest BCUT2D eigenvalue weighted by Crippen LogP contribution is -2.42. The van der Waals surface area contributed by atoms with Gasteiger partial charge >= 0.3 is 0 Å². The zero-order valence-corrected chi connectivity index (χ0v) is 11.0. The average molecular weight is 224 g/mol. The summed E-state index contributed by atoms with van der Waals surface area (Å²) in [6.07, 6.45) is 8.53. The van der Waals surface area contributed by atoms with Crippen molar-refractivity contribution < 1.29 is 0 Å². The van der Waals surface area contributed by atoms with Crippen molar-refractivity contribution in [2.45, 2.75) is 64.5 Å².